The molecule has 0 aliphatic rings. The molecule has 0 saturated carbocycles. The van der Waals surface area contributed by atoms with Gasteiger partial charge >= 0.3 is 22.4 Å². The van der Waals surface area contributed by atoms with Crippen LogP contribution in [-0.4, -0.2) is 0 Å². The van der Waals surface area contributed by atoms with E-state index in [2.05, 4.69) is 0 Å². The van der Waals surface area contributed by atoms with Crippen molar-refractivity contribution in [1.29, 1.82) is 0 Å². The Morgan fingerprint density at radius 1 is 0.700 bits per heavy atom. The largest absolute Gasteiger partial charge is 3.00 e. The van der Waals surface area contributed by atoms with Gasteiger partial charge in [-0.1, -0.05) is 0 Å². The molecule has 10 heavy (non-hydrogen) atoms. The fourth-order valence-corrected chi connectivity index (χ4v) is 0. The quantitative estimate of drug-likeness (QED) is 0.376. The number of hydrogen-bond acceptors (Lipinski definition) is 6. The van der Waals surface area contributed by atoms with Gasteiger partial charge in [-0.05, 0) is 0 Å². The van der Waals surface area contributed by atoms with E-state index in [9.17, 15) is 0 Å². The van der Waals surface area contributed by atoms with E-state index >= 15 is 0 Å². The average Bonchev–Trinajstić information content (AvgIpc) is 1.70. The van der Waals surface area contributed by atoms with E-state index in [-0.39, 0.29) is 22.4 Å². The molecule has 0 aromatic rings. The van der Waals surface area contributed by atoms with Gasteiger partial charge in [0, 0.05) is 0 Å². The third-order valence-corrected chi connectivity index (χ3v) is 0. The van der Waals surface area contributed by atoms with E-state index in [1.807, 2.05) is 0 Å². The van der Waals surface area contributed by atoms with Crippen molar-refractivity contribution < 1.29 is 50.8 Å². The van der Waals surface area contributed by atoms with Gasteiger partial charge in [0.1, 0.15) is 0 Å². The molecule has 62 valence electrons. The number of hydrogen-bond donors (Lipinski definition) is 0. The maximum atomic E-state index is 8.35. The van der Waals surface area contributed by atoms with Crippen molar-refractivity contribution in [3.63, 3.8) is 0 Å². The van der Waals surface area contributed by atoms with Gasteiger partial charge in [0.05, 0.1) is 26.1 Å². The van der Waals surface area contributed by atoms with Crippen LogP contribution in [0.25, 0.3) is 0 Å². The van der Waals surface area contributed by atoms with Gasteiger partial charge in [-0.25, -0.2) is 0 Å². The monoisotopic (exact) mass is 386 g/mol. The van der Waals surface area contributed by atoms with Crippen LogP contribution >= 0.6 is 26.1 Å². The predicted molar refractivity (Wildman–Crippen MR) is 22.8 cm³/mol. The van der Waals surface area contributed by atoms with Crippen molar-refractivity contribution in [3.8, 4) is 0 Å². The molecule has 0 aromatic heterocycles. The fourth-order valence-electron chi connectivity index (χ4n) is 0. The minimum Gasteiger partial charge on any atom is -0.772 e. The fraction of sp³-hybridized carbons (Fsp3) is 0. The first-order chi connectivity index (χ1) is 4.24. The van der Waals surface area contributed by atoms with E-state index < -0.39 is 26.1 Å². The normalized spacial score (nSPS) is 6.30. The summed E-state index contributed by atoms with van der Waals surface area (Å²) in [6.45, 7) is 0. The van der Waals surface area contributed by atoms with Crippen LogP contribution in [0.1, 0.15) is 0 Å². The summed E-state index contributed by atoms with van der Waals surface area (Å²) in [4.78, 5) is 25.0. The van der Waals surface area contributed by atoms with Gasteiger partial charge in [-0.15, -0.1) is 0 Å². The Morgan fingerprint density at radius 2 is 0.700 bits per heavy atom. The van der Waals surface area contributed by atoms with Crippen LogP contribution < -0.4 is 14.7 Å². The van der Waals surface area contributed by atoms with E-state index in [1.54, 1.807) is 0 Å². The maximum absolute atomic E-state index is 8.35. The third kappa shape index (κ3) is 661. The standard InChI is InChI=1S/Au.3HO2P/c;3*1-3-2/h;3*(H,1,2)/q+3;;;/p-3. The van der Waals surface area contributed by atoms with Crippen LogP contribution in [0.3, 0.4) is 0 Å². The zero-order valence-corrected chi connectivity index (χ0v) is 8.94. The molecule has 0 bridgehead atoms. The second-order valence-corrected chi connectivity index (χ2v) is 0.671. The second kappa shape index (κ2) is 51.4. The smallest absolute Gasteiger partial charge is 0.772 e. The summed E-state index contributed by atoms with van der Waals surface area (Å²) >= 11 is 0. The Hall–Kier alpha value is 0.920. The molecule has 6 nitrogen and oxygen atoms in total. The van der Waals surface area contributed by atoms with Crippen molar-refractivity contribution in [3.05, 3.63) is 0 Å². The SMILES string of the molecule is O=P[O-].O=P[O-].O=P[O-].[Au+3]. The van der Waals surface area contributed by atoms with Gasteiger partial charge in [0.2, 0.25) is 0 Å². The summed E-state index contributed by atoms with van der Waals surface area (Å²) in [5.74, 6) is 0. The van der Waals surface area contributed by atoms with Gasteiger partial charge in [-0.3, -0.25) is 13.7 Å². The Bertz CT molecular complexity index is 49.7. The molecule has 0 fully saturated rings. The van der Waals surface area contributed by atoms with Crippen molar-refractivity contribution in [2.75, 3.05) is 0 Å². The van der Waals surface area contributed by atoms with Crippen molar-refractivity contribution in [2.45, 2.75) is 0 Å². The molecule has 0 radical (unpaired) electrons. The van der Waals surface area contributed by atoms with E-state index in [0.717, 1.165) is 0 Å². The molecular formula is AuO6P3. The molecule has 0 aromatic carbocycles. The third-order valence-electron chi connectivity index (χ3n) is 0. The van der Waals surface area contributed by atoms with Gasteiger partial charge in [0.15, 0.2) is 0 Å². The Morgan fingerprint density at radius 3 is 0.700 bits per heavy atom. The van der Waals surface area contributed by atoms with E-state index in [1.165, 1.54) is 0 Å². The molecule has 0 aliphatic heterocycles. The molecule has 0 spiro atoms. The topological polar surface area (TPSA) is 120 Å². The Labute approximate surface area is 77.0 Å². The van der Waals surface area contributed by atoms with Gasteiger partial charge in [-0.2, -0.15) is 0 Å². The first-order valence-corrected chi connectivity index (χ1v) is 3.29. The van der Waals surface area contributed by atoms with Crippen molar-refractivity contribution in [1.82, 2.24) is 0 Å². The molecule has 0 atom stereocenters. The second-order valence-electron chi connectivity index (χ2n) is 0.224. The molecular weight excluding hydrogens is 386 g/mol. The van der Waals surface area contributed by atoms with Crippen LogP contribution in [0.2, 0.25) is 0 Å². The molecule has 0 aliphatic carbocycles. The van der Waals surface area contributed by atoms with E-state index in [4.69, 9.17) is 28.4 Å². The minimum absolute atomic E-state index is 0. The molecule has 0 rings (SSSR count). The molecule has 0 saturated heterocycles. The summed E-state index contributed by atoms with van der Waals surface area (Å²) in [5.41, 5.74) is 0. The van der Waals surface area contributed by atoms with Crippen LogP contribution in [0.4, 0.5) is 0 Å². The van der Waals surface area contributed by atoms with Crippen LogP contribution in [0, 0.1) is 0 Å². The first kappa shape index (κ1) is 22.4. The summed E-state index contributed by atoms with van der Waals surface area (Å²) in [6.07, 6.45) is 0. The van der Waals surface area contributed by atoms with Gasteiger partial charge < -0.3 is 14.7 Å². The maximum Gasteiger partial charge on any atom is 3.00 e. The van der Waals surface area contributed by atoms with Gasteiger partial charge in [0.25, 0.3) is 0 Å². The zero-order chi connectivity index (χ0) is 8.12. The van der Waals surface area contributed by atoms with Crippen molar-refractivity contribution >= 4 is 26.1 Å². The first-order valence-electron chi connectivity index (χ1n) is 1.10. The summed E-state index contributed by atoms with van der Waals surface area (Å²) in [5, 5.41) is 0. The van der Waals surface area contributed by atoms with Crippen molar-refractivity contribution in [2.24, 2.45) is 0 Å². The molecule has 10 heteroatoms. The minimum atomic E-state index is -1.08. The summed E-state index contributed by atoms with van der Waals surface area (Å²) < 4.78 is 25.0. The Balaban J connectivity index is -0.0000000257. The molecule has 0 amide bonds. The summed E-state index contributed by atoms with van der Waals surface area (Å²) in [6, 6.07) is 0. The van der Waals surface area contributed by atoms with Crippen LogP contribution in [0.15, 0.2) is 0 Å². The zero-order valence-electron chi connectivity index (χ0n) is 4.09. The number of rotatable bonds is 0. The van der Waals surface area contributed by atoms with Crippen LogP contribution in [-0.2, 0) is 36.1 Å². The predicted octanol–water partition coefficient (Wildman–Crippen LogP) is -1.34. The average molecular weight is 386 g/mol. The molecule has 0 heterocycles. The van der Waals surface area contributed by atoms with E-state index in [0.29, 0.717) is 0 Å². The Kier molecular flexibility index (Phi) is 115. The summed E-state index contributed by atoms with van der Waals surface area (Å²) in [7, 11) is -3.25. The molecule has 0 unspecified atom stereocenters. The van der Waals surface area contributed by atoms with Crippen LogP contribution in [0.5, 0.6) is 0 Å². The molecule has 0 N–H and O–H groups in total.